The van der Waals surface area contributed by atoms with Gasteiger partial charge in [0.15, 0.2) is 12.2 Å². The Morgan fingerprint density at radius 1 is 1.30 bits per heavy atom. The van der Waals surface area contributed by atoms with Crippen LogP contribution in [0.1, 0.15) is 13.8 Å². The highest BCUT2D eigenvalue weighted by Crippen LogP contribution is 2.04. The van der Waals surface area contributed by atoms with Crippen molar-refractivity contribution >= 4 is 11.9 Å². The molecule has 0 saturated heterocycles. The molecule has 20 heavy (non-hydrogen) atoms. The first-order chi connectivity index (χ1) is 9.29. The highest BCUT2D eigenvalue weighted by atomic mass is 16.6. The highest BCUT2D eigenvalue weighted by Gasteiger charge is 2.31. The van der Waals surface area contributed by atoms with E-state index >= 15 is 0 Å². The maximum absolute atomic E-state index is 11.2. The van der Waals surface area contributed by atoms with Gasteiger partial charge in [-0.2, -0.15) is 0 Å². The van der Waals surface area contributed by atoms with Gasteiger partial charge < -0.3 is 29.5 Å². The fraction of sp³-hybridized carbons (Fsp3) is 0.500. The molecule has 0 aliphatic heterocycles. The zero-order chi connectivity index (χ0) is 15.7. The largest absolute Gasteiger partial charge is 0.489 e. The van der Waals surface area contributed by atoms with E-state index < -0.39 is 30.3 Å². The molecule has 0 radical (unpaired) electrons. The summed E-state index contributed by atoms with van der Waals surface area (Å²) in [6.45, 7) is 6.28. The van der Waals surface area contributed by atoms with Crippen LogP contribution in [0.15, 0.2) is 24.9 Å². The molecule has 3 N–H and O–H groups in total. The van der Waals surface area contributed by atoms with E-state index in [2.05, 4.69) is 11.3 Å². The van der Waals surface area contributed by atoms with E-state index in [1.54, 1.807) is 13.8 Å². The van der Waals surface area contributed by atoms with E-state index in [4.69, 9.17) is 19.7 Å². The molecule has 0 rings (SSSR count). The zero-order valence-electron chi connectivity index (χ0n) is 11.2. The summed E-state index contributed by atoms with van der Waals surface area (Å²) in [7, 11) is 0. The van der Waals surface area contributed by atoms with Crippen molar-refractivity contribution in [3.05, 3.63) is 24.9 Å². The van der Waals surface area contributed by atoms with Crippen LogP contribution in [0, 0.1) is 0 Å². The summed E-state index contributed by atoms with van der Waals surface area (Å²) in [5.41, 5.74) is 0. The zero-order valence-corrected chi connectivity index (χ0v) is 11.2. The fourth-order valence-corrected chi connectivity index (χ4v) is 1.07. The molecule has 0 fully saturated rings. The lowest BCUT2D eigenvalue weighted by Gasteiger charge is -2.17. The van der Waals surface area contributed by atoms with Gasteiger partial charge in [-0.05, 0) is 13.8 Å². The molecule has 0 aromatic rings. The van der Waals surface area contributed by atoms with E-state index in [9.17, 15) is 14.7 Å². The Labute approximate surface area is 115 Å². The summed E-state index contributed by atoms with van der Waals surface area (Å²) in [5.74, 6) is -2.57. The number of carbonyl (C=O) groups excluding carboxylic acids is 1. The summed E-state index contributed by atoms with van der Waals surface area (Å²) >= 11 is 0. The Morgan fingerprint density at radius 3 is 2.40 bits per heavy atom. The number of aliphatic hydroxyl groups is 2. The van der Waals surface area contributed by atoms with Crippen LogP contribution in [-0.2, 0) is 23.8 Å². The smallest absolute Gasteiger partial charge is 0.338 e. The first kappa shape index (κ1) is 17.9. The average molecular weight is 290 g/mol. The van der Waals surface area contributed by atoms with E-state index in [1.807, 2.05) is 0 Å². The number of aliphatic hydroxyl groups excluding tert-OH is 2. The number of rotatable bonds is 9. The van der Waals surface area contributed by atoms with Gasteiger partial charge in [-0.25, -0.2) is 9.59 Å². The second-order valence-corrected chi connectivity index (χ2v) is 3.82. The maximum Gasteiger partial charge on any atom is 0.338 e. The number of allylic oxidation sites excluding steroid dienone is 1. The molecule has 0 aliphatic rings. The van der Waals surface area contributed by atoms with Crippen LogP contribution in [0.2, 0.25) is 0 Å². The van der Waals surface area contributed by atoms with Gasteiger partial charge in [-0.15, -0.1) is 0 Å². The van der Waals surface area contributed by atoms with Gasteiger partial charge in [0.1, 0.15) is 24.7 Å². The molecule has 0 amide bonds. The first-order valence-electron chi connectivity index (χ1n) is 5.65. The highest BCUT2D eigenvalue weighted by molar-refractivity contribution is 5.84. The van der Waals surface area contributed by atoms with Gasteiger partial charge in [-0.3, -0.25) is 0 Å². The third-order valence-electron chi connectivity index (χ3n) is 1.97. The van der Waals surface area contributed by atoms with E-state index in [0.29, 0.717) is 5.76 Å². The number of hydrogen-bond donors (Lipinski definition) is 3. The van der Waals surface area contributed by atoms with Crippen molar-refractivity contribution in [2.75, 3.05) is 6.61 Å². The Bertz CT molecular complexity index is 376. The molecule has 3 atom stereocenters. The predicted octanol–water partition coefficient (Wildman–Crippen LogP) is -0.238. The quantitative estimate of drug-likeness (QED) is 0.393. The number of carboxylic acids is 1. The molecule has 114 valence electrons. The minimum absolute atomic E-state index is 0.235. The molecule has 8 heteroatoms. The van der Waals surface area contributed by atoms with Crippen LogP contribution < -0.4 is 0 Å². The van der Waals surface area contributed by atoms with Crippen LogP contribution in [0.3, 0.4) is 0 Å². The van der Waals surface area contributed by atoms with Crippen molar-refractivity contribution in [1.29, 1.82) is 0 Å². The van der Waals surface area contributed by atoms with Gasteiger partial charge in [0, 0.05) is 0 Å². The third-order valence-corrected chi connectivity index (χ3v) is 1.97. The Balaban J connectivity index is 4.18. The Kier molecular flexibility index (Phi) is 8.02. The summed E-state index contributed by atoms with van der Waals surface area (Å²) < 4.78 is 14.6. The van der Waals surface area contributed by atoms with Crippen molar-refractivity contribution in [2.45, 2.75) is 32.2 Å². The number of hydrogen-bond acceptors (Lipinski definition) is 7. The minimum Gasteiger partial charge on any atom is -0.489 e. The topological polar surface area (TPSA) is 123 Å². The minimum atomic E-state index is -2.23. The molecule has 0 aromatic heterocycles. The van der Waals surface area contributed by atoms with Crippen LogP contribution >= 0.6 is 0 Å². The lowest BCUT2D eigenvalue weighted by atomic mass is 10.2. The Hall–Kier alpha value is -2.06. The monoisotopic (exact) mass is 290 g/mol. The summed E-state index contributed by atoms with van der Waals surface area (Å²) in [5, 5.41) is 26.5. The molecule has 0 aromatic carbocycles. The van der Waals surface area contributed by atoms with Crippen LogP contribution in [0.4, 0.5) is 0 Å². The van der Waals surface area contributed by atoms with E-state index in [0.717, 1.165) is 0 Å². The van der Waals surface area contributed by atoms with E-state index in [1.165, 1.54) is 12.5 Å². The van der Waals surface area contributed by atoms with Crippen molar-refractivity contribution < 1.29 is 39.1 Å². The second kappa shape index (κ2) is 8.94. The lowest BCUT2D eigenvalue weighted by molar-refractivity contribution is -0.171. The SMILES string of the molecule is C=COC=C(C)OC(C)COC(=O)C(O)C(O)C(=O)O. The third kappa shape index (κ3) is 6.76. The number of esters is 1. The predicted molar refractivity (Wildman–Crippen MR) is 66.2 cm³/mol. The van der Waals surface area contributed by atoms with Crippen LogP contribution in [0.5, 0.6) is 0 Å². The second-order valence-electron chi connectivity index (χ2n) is 3.82. The molecule has 0 aliphatic carbocycles. The summed E-state index contributed by atoms with van der Waals surface area (Å²) in [6.07, 6.45) is -2.46. The van der Waals surface area contributed by atoms with Crippen molar-refractivity contribution in [3.8, 4) is 0 Å². The number of ether oxygens (including phenoxy) is 3. The number of aliphatic carboxylic acids is 1. The Morgan fingerprint density at radius 2 is 1.90 bits per heavy atom. The lowest BCUT2D eigenvalue weighted by Crippen LogP contribution is -2.41. The average Bonchev–Trinajstić information content (AvgIpc) is 2.40. The molecular weight excluding hydrogens is 272 g/mol. The number of carboxylic acid groups (broad SMARTS) is 1. The normalized spacial score (nSPS) is 15.7. The standard InChI is InChI=1S/C12H18O8/c1-4-18-5-7(2)20-8(3)6-19-12(17)10(14)9(13)11(15)16/h4-5,8-10,13-14H,1,6H2,2-3H3,(H,15,16). The molecule has 0 bridgehead atoms. The van der Waals surface area contributed by atoms with Crippen LogP contribution in [0.25, 0.3) is 0 Å². The van der Waals surface area contributed by atoms with Gasteiger partial charge in [0.05, 0.1) is 6.26 Å². The summed E-state index contributed by atoms with van der Waals surface area (Å²) in [4.78, 5) is 21.6. The van der Waals surface area contributed by atoms with Crippen LogP contribution in [-0.4, -0.2) is 52.2 Å². The molecule has 3 unspecified atom stereocenters. The molecule has 8 nitrogen and oxygen atoms in total. The van der Waals surface area contributed by atoms with E-state index in [-0.39, 0.29) is 6.61 Å². The summed E-state index contributed by atoms with van der Waals surface area (Å²) in [6, 6.07) is 0. The molecule has 0 heterocycles. The first-order valence-corrected chi connectivity index (χ1v) is 5.65. The van der Waals surface area contributed by atoms with Crippen molar-refractivity contribution in [1.82, 2.24) is 0 Å². The fourth-order valence-electron chi connectivity index (χ4n) is 1.07. The number of carbonyl (C=O) groups is 2. The van der Waals surface area contributed by atoms with Crippen molar-refractivity contribution in [2.24, 2.45) is 0 Å². The van der Waals surface area contributed by atoms with Gasteiger partial charge in [0.2, 0.25) is 0 Å². The van der Waals surface area contributed by atoms with Gasteiger partial charge >= 0.3 is 11.9 Å². The molecule has 0 spiro atoms. The maximum atomic E-state index is 11.2. The van der Waals surface area contributed by atoms with Gasteiger partial charge in [0.25, 0.3) is 0 Å². The molecule has 0 saturated carbocycles. The molecular formula is C12H18O8. The van der Waals surface area contributed by atoms with Gasteiger partial charge in [-0.1, -0.05) is 6.58 Å². The van der Waals surface area contributed by atoms with Crippen molar-refractivity contribution in [3.63, 3.8) is 0 Å².